The first-order valence-electron chi connectivity index (χ1n) is 5.29. The maximum atomic E-state index is 13.3. The number of aryl methyl sites for hydroxylation is 1. The average Bonchev–Trinajstić information content (AvgIpc) is 2.35. The third kappa shape index (κ3) is 2.69. The van der Waals surface area contributed by atoms with E-state index < -0.39 is 0 Å². The Morgan fingerprint density at radius 1 is 1.12 bits per heavy atom. The zero-order valence-corrected chi connectivity index (χ0v) is 9.41. The van der Waals surface area contributed by atoms with Gasteiger partial charge in [0.15, 0.2) is 0 Å². The first-order chi connectivity index (χ1) is 8.16. The van der Waals surface area contributed by atoms with Crippen molar-refractivity contribution >= 4 is 11.6 Å². The molecule has 0 aliphatic rings. The molecule has 0 saturated heterocycles. The number of anilines is 1. The van der Waals surface area contributed by atoms with Gasteiger partial charge in [-0.15, -0.1) is 0 Å². The Labute approximate surface area is 99.1 Å². The summed E-state index contributed by atoms with van der Waals surface area (Å²) < 4.78 is 13.3. The van der Waals surface area contributed by atoms with Crippen LogP contribution in [0.15, 0.2) is 48.5 Å². The van der Waals surface area contributed by atoms with Gasteiger partial charge in [0, 0.05) is 11.3 Å². The fourth-order valence-corrected chi connectivity index (χ4v) is 1.46. The predicted molar refractivity (Wildman–Crippen MR) is 65.5 cm³/mol. The first kappa shape index (κ1) is 11.3. The molecule has 0 saturated carbocycles. The number of halogens is 1. The molecule has 0 radical (unpaired) electrons. The van der Waals surface area contributed by atoms with Crippen LogP contribution in [0.2, 0.25) is 0 Å². The molecule has 17 heavy (non-hydrogen) atoms. The van der Waals surface area contributed by atoms with Gasteiger partial charge in [-0.25, -0.2) is 4.39 Å². The van der Waals surface area contributed by atoms with Crippen LogP contribution in [0, 0.1) is 12.7 Å². The second-order valence-electron chi connectivity index (χ2n) is 3.78. The summed E-state index contributed by atoms with van der Waals surface area (Å²) >= 11 is 0. The topological polar surface area (TPSA) is 29.1 Å². The molecule has 0 heterocycles. The van der Waals surface area contributed by atoms with Crippen molar-refractivity contribution in [3.8, 4) is 0 Å². The van der Waals surface area contributed by atoms with Crippen molar-refractivity contribution in [2.45, 2.75) is 6.92 Å². The molecule has 1 amide bonds. The Hall–Kier alpha value is -2.16. The highest BCUT2D eigenvalue weighted by Crippen LogP contribution is 2.14. The molecule has 2 aromatic carbocycles. The summed E-state index contributed by atoms with van der Waals surface area (Å²) in [7, 11) is 0. The number of hydrogen-bond acceptors (Lipinski definition) is 1. The van der Waals surface area contributed by atoms with Gasteiger partial charge in [-0.1, -0.05) is 24.3 Å². The third-order valence-electron chi connectivity index (χ3n) is 2.47. The quantitative estimate of drug-likeness (QED) is 0.840. The van der Waals surface area contributed by atoms with Gasteiger partial charge in [0.1, 0.15) is 5.82 Å². The highest BCUT2D eigenvalue weighted by atomic mass is 19.1. The van der Waals surface area contributed by atoms with Gasteiger partial charge >= 0.3 is 0 Å². The van der Waals surface area contributed by atoms with E-state index in [1.807, 2.05) is 6.07 Å². The van der Waals surface area contributed by atoms with E-state index in [0.717, 1.165) is 0 Å². The molecule has 0 aliphatic heterocycles. The molecule has 2 aromatic rings. The van der Waals surface area contributed by atoms with Crippen LogP contribution in [0.1, 0.15) is 15.9 Å². The van der Waals surface area contributed by atoms with E-state index in [1.54, 1.807) is 43.3 Å². The first-order valence-corrected chi connectivity index (χ1v) is 5.29. The van der Waals surface area contributed by atoms with E-state index in [-0.39, 0.29) is 11.7 Å². The van der Waals surface area contributed by atoms with Crippen LogP contribution < -0.4 is 5.32 Å². The predicted octanol–water partition coefficient (Wildman–Crippen LogP) is 3.39. The molecular formula is C14H12FNO. The Kier molecular flexibility index (Phi) is 3.19. The van der Waals surface area contributed by atoms with Crippen molar-refractivity contribution in [2.24, 2.45) is 0 Å². The van der Waals surface area contributed by atoms with Crippen molar-refractivity contribution in [1.29, 1.82) is 0 Å². The maximum Gasteiger partial charge on any atom is 0.255 e. The standard InChI is InChI=1S/C14H12FNO/c1-10-7-8-12(9-13(10)15)16-14(17)11-5-3-2-4-6-11/h2-9H,1H3,(H,16,17). The van der Waals surface area contributed by atoms with Gasteiger partial charge < -0.3 is 5.32 Å². The monoisotopic (exact) mass is 229 g/mol. The Bertz CT molecular complexity index is 537. The number of amides is 1. The molecule has 0 unspecified atom stereocenters. The lowest BCUT2D eigenvalue weighted by atomic mass is 10.2. The smallest absolute Gasteiger partial charge is 0.255 e. The third-order valence-corrected chi connectivity index (χ3v) is 2.47. The molecule has 3 heteroatoms. The van der Waals surface area contributed by atoms with E-state index in [9.17, 15) is 9.18 Å². The minimum absolute atomic E-state index is 0.242. The second-order valence-corrected chi connectivity index (χ2v) is 3.78. The van der Waals surface area contributed by atoms with E-state index >= 15 is 0 Å². The molecule has 0 spiro atoms. The number of nitrogens with one attached hydrogen (secondary N) is 1. The summed E-state index contributed by atoms with van der Waals surface area (Å²) in [5.41, 5.74) is 1.57. The van der Waals surface area contributed by atoms with Gasteiger partial charge in [-0.05, 0) is 36.8 Å². The molecule has 2 nitrogen and oxygen atoms in total. The maximum absolute atomic E-state index is 13.3. The molecule has 0 aromatic heterocycles. The van der Waals surface area contributed by atoms with Gasteiger partial charge in [-0.3, -0.25) is 4.79 Å². The number of carbonyl (C=O) groups is 1. The zero-order valence-electron chi connectivity index (χ0n) is 9.41. The van der Waals surface area contributed by atoms with Crippen LogP contribution in [0.5, 0.6) is 0 Å². The molecule has 2 rings (SSSR count). The molecule has 0 fully saturated rings. The zero-order chi connectivity index (χ0) is 12.3. The largest absolute Gasteiger partial charge is 0.322 e. The van der Waals surface area contributed by atoms with Crippen LogP contribution in [0.25, 0.3) is 0 Å². The van der Waals surface area contributed by atoms with Crippen LogP contribution >= 0.6 is 0 Å². The molecule has 86 valence electrons. The summed E-state index contributed by atoms with van der Waals surface area (Å²) in [5.74, 6) is -0.565. The minimum Gasteiger partial charge on any atom is -0.322 e. The van der Waals surface area contributed by atoms with Gasteiger partial charge in [-0.2, -0.15) is 0 Å². The summed E-state index contributed by atoms with van der Waals surface area (Å²) in [6, 6.07) is 13.4. The van der Waals surface area contributed by atoms with Crippen LogP contribution in [0.3, 0.4) is 0 Å². The molecular weight excluding hydrogens is 217 g/mol. The van der Waals surface area contributed by atoms with E-state index in [1.165, 1.54) is 6.07 Å². The molecule has 0 bridgehead atoms. The van der Waals surface area contributed by atoms with Crippen molar-refractivity contribution in [3.63, 3.8) is 0 Å². The molecule has 0 aliphatic carbocycles. The summed E-state index contributed by atoms with van der Waals surface area (Å²) in [6.45, 7) is 1.68. The fraction of sp³-hybridized carbons (Fsp3) is 0.0714. The Morgan fingerprint density at radius 2 is 1.82 bits per heavy atom. The number of benzene rings is 2. The normalized spacial score (nSPS) is 10.0. The molecule has 0 atom stereocenters. The Balaban J connectivity index is 2.16. The lowest BCUT2D eigenvalue weighted by Gasteiger charge is -2.06. The highest BCUT2D eigenvalue weighted by molar-refractivity contribution is 6.04. The van der Waals surface area contributed by atoms with Crippen LogP contribution in [-0.4, -0.2) is 5.91 Å². The lowest BCUT2D eigenvalue weighted by molar-refractivity contribution is 0.102. The van der Waals surface area contributed by atoms with E-state index in [0.29, 0.717) is 16.8 Å². The Morgan fingerprint density at radius 3 is 2.47 bits per heavy atom. The van der Waals surface area contributed by atoms with Crippen molar-refractivity contribution in [3.05, 3.63) is 65.5 Å². The van der Waals surface area contributed by atoms with Crippen molar-refractivity contribution in [2.75, 3.05) is 5.32 Å². The van der Waals surface area contributed by atoms with Crippen molar-refractivity contribution < 1.29 is 9.18 Å². The summed E-state index contributed by atoms with van der Waals surface area (Å²) in [5, 5.41) is 2.65. The van der Waals surface area contributed by atoms with Crippen LogP contribution in [0.4, 0.5) is 10.1 Å². The fourth-order valence-electron chi connectivity index (χ4n) is 1.46. The van der Waals surface area contributed by atoms with Gasteiger partial charge in [0.05, 0.1) is 0 Å². The highest BCUT2D eigenvalue weighted by Gasteiger charge is 2.06. The minimum atomic E-state index is -0.323. The molecule has 1 N–H and O–H groups in total. The number of carbonyl (C=O) groups excluding carboxylic acids is 1. The SMILES string of the molecule is Cc1ccc(NC(=O)c2ccccc2)cc1F. The van der Waals surface area contributed by atoms with Crippen LogP contribution in [-0.2, 0) is 0 Å². The van der Waals surface area contributed by atoms with Gasteiger partial charge in [0.25, 0.3) is 5.91 Å². The number of hydrogen-bond donors (Lipinski definition) is 1. The van der Waals surface area contributed by atoms with E-state index in [4.69, 9.17) is 0 Å². The lowest BCUT2D eigenvalue weighted by Crippen LogP contribution is -2.11. The average molecular weight is 229 g/mol. The summed E-state index contributed by atoms with van der Waals surface area (Å²) in [4.78, 5) is 11.8. The van der Waals surface area contributed by atoms with E-state index in [2.05, 4.69) is 5.32 Å². The second kappa shape index (κ2) is 4.78. The van der Waals surface area contributed by atoms with Gasteiger partial charge in [0.2, 0.25) is 0 Å². The summed E-state index contributed by atoms with van der Waals surface area (Å²) in [6.07, 6.45) is 0. The number of rotatable bonds is 2. The van der Waals surface area contributed by atoms with Crippen molar-refractivity contribution in [1.82, 2.24) is 0 Å².